The van der Waals surface area contributed by atoms with Crippen LogP contribution in [0.1, 0.15) is 6.42 Å². The van der Waals surface area contributed by atoms with Gasteiger partial charge in [-0.3, -0.25) is 0 Å². The van der Waals surface area contributed by atoms with E-state index in [1.54, 1.807) is 0 Å². The van der Waals surface area contributed by atoms with Crippen LogP contribution in [0.3, 0.4) is 0 Å². The molecule has 4 nitrogen and oxygen atoms in total. The normalized spacial score (nSPS) is 46.1. The van der Waals surface area contributed by atoms with Gasteiger partial charge in [-0.25, -0.2) is 8.42 Å². The summed E-state index contributed by atoms with van der Waals surface area (Å²) in [6.45, 7) is 1.13. The quantitative estimate of drug-likeness (QED) is 0.577. The molecule has 0 aromatic carbocycles. The number of ether oxygens (including phenoxy) is 1. The summed E-state index contributed by atoms with van der Waals surface area (Å²) in [5.74, 6) is 0.368. The van der Waals surface area contributed by atoms with Crippen LogP contribution >= 0.6 is 0 Å². The highest BCUT2D eigenvalue weighted by Gasteiger charge is 2.56. The van der Waals surface area contributed by atoms with Gasteiger partial charge in [-0.1, -0.05) is 12.2 Å². The Morgan fingerprint density at radius 1 is 1.57 bits per heavy atom. The van der Waals surface area contributed by atoms with Gasteiger partial charge in [-0.15, -0.1) is 0 Å². The molecule has 3 heterocycles. The fourth-order valence-electron chi connectivity index (χ4n) is 2.76. The Morgan fingerprint density at radius 3 is 2.93 bits per heavy atom. The molecule has 0 aromatic heterocycles. The second kappa shape index (κ2) is 2.40. The van der Waals surface area contributed by atoms with Gasteiger partial charge in [0.15, 0.2) is 0 Å². The molecule has 0 saturated carbocycles. The van der Waals surface area contributed by atoms with E-state index < -0.39 is 10.0 Å². The standard InChI is InChI=1S/C9H13NO3S/c1-14(11,12)10-5-7-4-8-2-3-9(7,6-10)13-8/h2-3,7-8H,4-6H2,1H3/t7-,8+,9+/m0/s1. The minimum Gasteiger partial charge on any atom is -0.362 e. The van der Waals surface area contributed by atoms with Crippen molar-refractivity contribution in [1.82, 2.24) is 4.31 Å². The number of hydrogen-bond acceptors (Lipinski definition) is 3. The van der Waals surface area contributed by atoms with Crippen LogP contribution in [0.25, 0.3) is 0 Å². The Morgan fingerprint density at radius 2 is 2.36 bits per heavy atom. The Kier molecular flexibility index (Phi) is 1.52. The van der Waals surface area contributed by atoms with Crippen molar-refractivity contribution in [1.29, 1.82) is 0 Å². The molecule has 2 saturated heterocycles. The second-order valence-corrected chi connectivity index (χ2v) is 6.44. The van der Waals surface area contributed by atoms with E-state index in [9.17, 15) is 8.42 Å². The van der Waals surface area contributed by atoms with Gasteiger partial charge in [0.2, 0.25) is 10.0 Å². The van der Waals surface area contributed by atoms with Gasteiger partial charge in [-0.2, -0.15) is 4.31 Å². The summed E-state index contributed by atoms with van der Waals surface area (Å²) in [6, 6.07) is 0. The molecule has 3 aliphatic heterocycles. The van der Waals surface area contributed by atoms with E-state index in [1.807, 2.05) is 0 Å². The van der Waals surface area contributed by atoms with Crippen LogP contribution in [0.4, 0.5) is 0 Å². The van der Waals surface area contributed by atoms with Crippen molar-refractivity contribution in [2.24, 2.45) is 5.92 Å². The first-order valence-corrected chi connectivity index (χ1v) is 6.67. The third-order valence-electron chi connectivity index (χ3n) is 3.49. The van der Waals surface area contributed by atoms with Crippen molar-refractivity contribution in [2.45, 2.75) is 18.1 Å². The maximum absolute atomic E-state index is 11.4. The summed E-state index contributed by atoms with van der Waals surface area (Å²) in [5.41, 5.74) is -0.284. The highest BCUT2D eigenvalue weighted by Crippen LogP contribution is 2.47. The van der Waals surface area contributed by atoms with Gasteiger partial charge >= 0.3 is 0 Å². The molecular formula is C9H13NO3S. The Balaban J connectivity index is 1.93. The van der Waals surface area contributed by atoms with Crippen LogP contribution in [0.2, 0.25) is 0 Å². The van der Waals surface area contributed by atoms with E-state index in [4.69, 9.17) is 4.74 Å². The molecule has 0 unspecified atom stereocenters. The molecular weight excluding hydrogens is 202 g/mol. The SMILES string of the molecule is CS(=O)(=O)N1C[C@@H]2C[C@H]3C=C[C@]2(C1)O3. The van der Waals surface area contributed by atoms with Gasteiger partial charge in [0.25, 0.3) is 0 Å². The zero-order valence-electron chi connectivity index (χ0n) is 8.01. The Bertz CT molecular complexity index is 402. The van der Waals surface area contributed by atoms with Crippen LogP contribution in [-0.4, -0.2) is 43.8 Å². The second-order valence-electron chi connectivity index (χ2n) is 4.46. The predicted molar refractivity (Wildman–Crippen MR) is 51.3 cm³/mol. The van der Waals surface area contributed by atoms with Crippen molar-refractivity contribution in [3.63, 3.8) is 0 Å². The fourth-order valence-corrected chi connectivity index (χ4v) is 3.64. The van der Waals surface area contributed by atoms with Crippen molar-refractivity contribution in [3.05, 3.63) is 12.2 Å². The summed E-state index contributed by atoms with van der Waals surface area (Å²) < 4.78 is 30.1. The van der Waals surface area contributed by atoms with Gasteiger partial charge in [-0.05, 0) is 6.42 Å². The molecule has 5 heteroatoms. The van der Waals surface area contributed by atoms with Crippen LogP contribution in [0, 0.1) is 5.92 Å². The van der Waals surface area contributed by atoms with E-state index in [-0.39, 0.29) is 11.7 Å². The first-order chi connectivity index (χ1) is 6.50. The first kappa shape index (κ1) is 8.88. The van der Waals surface area contributed by atoms with Gasteiger partial charge in [0.05, 0.1) is 12.4 Å². The lowest BCUT2D eigenvalue weighted by Crippen LogP contribution is -2.35. The molecule has 0 aliphatic carbocycles. The highest BCUT2D eigenvalue weighted by molar-refractivity contribution is 7.88. The summed E-state index contributed by atoms with van der Waals surface area (Å²) in [6.07, 6.45) is 6.59. The number of hydrogen-bond donors (Lipinski definition) is 0. The number of rotatable bonds is 1. The number of sulfonamides is 1. The van der Waals surface area contributed by atoms with E-state index in [0.717, 1.165) is 6.42 Å². The van der Waals surface area contributed by atoms with E-state index in [1.165, 1.54) is 10.6 Å². The average molecular weight is 215 g/mol. The number of fused-ring (bicyclic) bond motifs is 1. The van der Waals surface area contributed by atoms with Crippen LogP contribution in [0.5, 0.6) is 0 Å². The van der Waals surface area contributed by atoms with E-state index >= 15 is 0 Å². The summed E-state index contributed by atoms with van der Waals surface area (Å²) in [4.78, 5) is 0. The molecule has 3 rings (SSSR count). The van der Waals surface area contributed by atoms with E-state index in [0.29, 0.717) is 19.0 Å². The minimum atomic E-state index is -3.05. The first-order valence-electron chi connectivity index (χ1n) is 4.82. The smallest absolute Gasteiger partial charge is 0.211 e. The largest absolute Gasteiger partial charge is 0.362 e. The third-order valence-corrected chi connectivity index (χ3v) is 4.70. The third kappa shape index (κ3) is 1.03. The lowest BCUT2D eigenvalue weighted by atomic mass is 9.86. The predicted octanol–water partition coefficient (Wildman–Crippen LogP) is -0.0247. The van der Waals surface area contributed by atoms with Crippen LogP contribution in [-0.2, 0) is 14.8 Å². The maximum atomic E-state index is 11.4. The highest BCUT2D eigenvalue weighted by atomic mass is 32.2. The molecule has 0 aromatic rings. The van der Waals surface area contributed by atoms with Gasteiger partial charge < -0.3 is 4.74 Å². The van der Waals surface area contributed by atoms with Gasteiger partial charge in [0, 0.05) is 19.0 Å². The minimum absolute atomic E-state index is 0.238. The zero-order valence-corrected chi connectivity index (χ0v) is 8.83. The molecule has 0 radical (unpaired) electrons. The monoisotopic (exact) mass is 215 g/mol. The molecule has 1 spiro atoms. The molecule has 14 heavy (non-hydrogen) atoms. The van der Waals surface area contributed by atoms with Crippen LogP contribution in [0.15, 0.2) is 12.2 Å². The molecule has 0 amide bonds. The summed E-state index contributed by atoms with van der Waals surface area (Å²) in [5, 5.41) is 0. The maximum Gasteiger partial charge on any atom is 0.211 e. The Labute approximate surface area is 83.6 Å². The van der Waals surface area contributed by atoms with Gasteiger partial charge in [0.1, 0.15) is 5.60 Å². The van der Waals surface area contributed by atoms with Crippen molar-refractivity contribution >= 4 is 10.0 Å². The molecule has 2 fully saturated rings. The lowest BCUT2D eigenvalue weighted by Gasteiger charge is -2.21. The van der Waals surface area contributed by atoms with Crippen LogP contribution < -0.4 is 0 Å². The van der Waals surface area contributed by atoms with Crippen molar-refractivity contribution < 1.29 is 13.2 Å². The van der Waals surface area contributed by atoms with Crippen molar-refractivity contribution in [3.8, 4) is 0 Å². The molecule has 0 N–H and O–H groups in total. The summed E-state index contributed by atoms with van der Waals surface area (Å²) in [7, 11) is -3.05. The molecule has 3 aliphatic rings. The van der Waals surface area contributed by atoms with E-state index in [2.05, 4.69) is 12.2 Å². The molecule has 2 bridgehead atoms. The lowest BCUT2D eigenvalue weighted by molar-refractivity contribution is 0.0291. The fraction of sp³-hybridized carbons (Fsp3) is 0.778. The summed E-state index contributed by atoms with van der Waals surface area (Å²) >= 11 is 0. The zero-order chi connectivity index (χ0) is 9.97. The molecule has 3 atom stereocenters. The average Bonchev–Trinajstić information content (AvgIpc) is 2.64. The molecule has 78 valence electrons. The van der Waals surface area contributed by atoms with Crippen molar-refractivity contribution in [2.75, 3.05) is 19.3 Å². The Hall–Kier alpha value is -0.390. The number of nitrogens with zero attached hydrogens (tertiary/aromatic N) is 1. The topological polar surface area (TPSA) is 46.6 Å².